The highest BCUT2D eigenvalue weighted by Crippen LogP contribution is 2.38. The lowest BCUT2D eigenvalue weighted by atomic mass is 9.96. The van der Waals surface area contributed by atoms with E-state index < -0.39 is 6.10 Å². The molecule has 0 aliphatic carbocycles. The molecule has 1 amide bonds. The van der Waals surface area contributed by atoms with E-state index in [1.807, 2.05) is 22.8 Å². The van der Waals surface area contributed by atoms with Crippen molar-refractivity contribution in [3.05, 3.63) is 48.9 Å². The molecule has 0 bridgehead atoms. The van der Waals surface area contributed by atoms with Gasteiger partial charge in [-0.3, -0.25) is 9.48 Å². The fourth-order valence-corrected chi connectivity index (χ4v) is 6.14. The van der Waals surface area contributed by atoms with Gasteiger partial charge in [0.2, 0.25) is 0 Å². The number of fused-ring (bicyclic) bond motifs is 1. The molecule has 210 valence electrons. The monoisotopic (exact) mass is 544 g/mol. The molecule has 0 saturated carbocycles. The molecule has 0 spiro atoms. The van der Waals surface area contributed by atoms with Crippen molar-refractivity contribution in [3.8, 4) is 22.5 Å². The molecule has 11 nitrogen and oxygen atoms in total. The fraction of sp³-hybridized carbons (Fsp3) is 0.448. The van der Waals surface area contributed by atoms with E-state index in [4.69, 9.17) is 10.5 Å². The first kappa shape index (κ1) is 26.3. The van der Waals surface area contributed by atoms with E-state index in [0.29, 0.717) is 25.5 Å². The number of hydrogen-bond acceptors (Lipinski definition) is 8. The van der Waals surface area contributed by atoms with E-state index in [1.54, 1.807) is 4.90 Å². The average molecular weight is 545 g/mol. The molecule has 11 heteroatoms. The van der Waals surface area contributed by atoms with Crippen molar-refractivity contribution in [3.63, 3.8) is 0 Å². The smallest absolute Gasteiger partial charge is 0.251 e. The zero-order valence-corrected chi connectivity index (χ0v) is 23.2. The number of nitrogen functional groups attached to an aromatic ring is 1. The van der Waals surface area contributed by atoms with Gasteiger partial charge in [0.1, 0.15) is 17.9 Å². The summed E-state index contributed by atoms with van der Waals surface area (Å²) < 4.78 is 9.53. The van der Waals surface area contributed by atoms with Crippen molar-refractivity contribution in [1.29, 1.82) is 0 Å². The maximum atomic E-state index is 12.5. The van der Waals surface area contributed by atoms with Crippen LogP contribution >= 0.6 is 0 Å². The second kappa shape index (κ2) is 10.2. The molecule has 1 atom stereocenters. The van der Waals surface area contributed by atoms with Crippen molar-refractivity contribution in [1.82, 2.24) is 29.3 Å². The third-order valence-corrected chi connectivity index (χ3v) is 8.09. The van der Waals surface area contributed by atoms with E-state index >= 15 is 0 Å². The molecule has 1 aromatic carbocycles. The first-order valence-electron chi connectivity index (χ1n) is 13.8. The number of piperazine rings is 1. The van der Waals surface area contributed by atoms with Crippen LogP contribution in [-0.4, -0.2) is 84.8 Å². The van der Waals surface area contributed by atoms with E-state index in [9.17, 15) is 9.90 Å². The van der Waals surface area contributed by atoms with E-state index in [2.05, 4.69) is 62.9 Å². The Morgan fingerprint density at radius 1 is 1.12 bits per heavy atom. The number of nitrogens with two attached hydrogens (primary N) is 1. The zero-order valence-electron chi connectivity index (χ0n) is 23.2. The van der Waals surface area contributed by atoms with Gasteiger partial charge in [-0.15, -0.1) is 0 Å². The summed E-state index contributed by atoms with van der Waals surface area (Å²) in [6, 6.07) is 12.8. The molecular formula is C29H36N8O3. The predicted molar refractivity (Wildman–Crippen MR) is 153 cm³/mol. The lowest BCUT2D eigenvalue weighted by Crippen LogP contribution is -2.61. The number of hydrogen-bond donors (Lipinski definition) is 2. The van der Waals surface area contributed by atoms with Crippen LogP contribution in [0.2, 0.25) is 0 Å². The van der Waals surface area contributed by atoms with Gasteiger partial charge in [-0.1, -0.05) is 12.1 Å². The van der Waals surface area contributed by atoms with Crippen LogP contribution in [0.15, 0.2) is 48.9 Å². The van der Waals surface area contributed by atoms with E-state index in [1.165, 1.54) is 13.3 Å². The number of amides is 1. The number of aliphatic hydroxyl groups excluding tert-OH is 1. The summed E-state index contributed by atoms with van der Waals surface area (Å²) in [4.78, 5) is 20.8. The number of aromatic nitrogens is 5. The van der Waals surface area contributed by atoms with Crippen LogP contribution < -0.4 is 10.6 Å². The largest absolute Gasteiger partial charge is 0.384 e. The van der Waals surface area contributed by atoms with Crippen LogP contribution in [-0.2, 0) is 9.53 Å². The minimum Gasteiger partial charge on any atom is -0.384 e. The maximum absolute atomic E-state index is 12.5. The van der Waals surface area contributed by atoms with Crippen molar-refractivity contribution in [2.45, 2.75) is 51.3 Å². The second-order valence-electron chi connectivity index (χ2n) is 11.3. The average Bonchev–Trinajstić information content (AvgIpc) is 3.58. The molecule has 2 aliphatic heterocycles. The molecular weight excluding hydrogens is 508 g/mol. The van der Waals surface area contributed by atoms with Crippen LogP contribution in [0, 0.1) is 0 Å². The Balaban J connectivity index is 1.39. The topological polar surface area (TPSA) is 127 Å². The molecule has 1 unspecified atom stereocenters. The highest BCUT2D eigenvalue weighted by atomic mass is 16.5. The summed E-state index contributed by atoms with van der Waals surface area (Å²) in [5.41, 5.74) is 11.7. The third-order valence-electron chi connectivity index (χ3n) is 8.09. The number of ether oxygens (including phenoxy) is 1. The van der Waals surface area contributed by atoms with Crippen molar-refractivity contribution in [2.75, 3.05) is 43.5 Å². The molecule has 2 fully saturated rings. The fourth-order valence-electron chi connectivity index (χ4n) is 6.14. The molecule has 0 radical (unpaired) electrons. The molecule has 2 aliphatic rings. The van der Waals surface area contributed by atoms with Gasteiger partial charge in [0, 0.05) is 55.9 Å². The van der Waals surface area contributed by atoms with Gasteiger partial charge in [0.25, 0.3) is 5.91 Å². The summed E-state index contributed by atoms with van der Waals surface area (Å²) in [6.07, 6.45) is 4.13. The highest BCUT2D eigenvalue weighted by Gasteiger charge is 2.37. The van der Waals surface area contributed by atoms with E-state index in [-0.39, 0.29) is 17.5 Å². The molecule has 4 aromatic rings. The predicted octanol–water partition coefficient (Wildman–Crippen LogP) is 3.00. The Kier molecular flexibility index (Phi) is 6.71. The number of carbonyl (C=O) groups is 1. The number of aliphatic hydroxyl groups is 1. The highest BCUT2D eigenvalue weighted by molar-refractivity contribution is 5.91. The molecule has 40 heavy (non-hydrogen) atoms. The van der Waals surface area contributed by atoms with Gasteiger partial charge in [0.15, 0.2) is 5.82 Å². The van der Waals surface area contributed by atoms with Crippen molar-refractivity contribution in [2.24, 2.45) is 0 Å². The number of rotatable bonds is 5. The zero-order chi connectivity index (χ0) is 28.0. The minimum absolute atomic E-state index is 0.231. The van der Waals surface area contributed by atoms with Crippen molar-refractivity contribution < 1.29 is 14.6 Å². The van der Waals surface area contributed by atoms with Gasteiger partial charge >= 0.3 is 0 Å². The minimum atomic E-state index is -1.00. The first-order chi connectivity index (χ1) is 19.2. The van der Waals surface area contributed by atoms with Gasteiger partial charge in [-0.05, 0) is 57.9 Å². The van der Waals surface area contributed by atoms with E-state index in [0.717, 1.165) is 59.8 Å². The van der Waals surface area contributed by atoms with Gasteiger partial charge < -0.3 is 25.4 Å². The Morgan fingerprint density at radius 2 is 1.93 bits per heavy atom. The Hall–Kier alpha value is -3.96. The third kappa shape index (κ3) is 4.58. The number of carbonyl (C=O) groups excluding carboxylic acids is 1. The maximum Gasteiger partial charge on any atom is 0.251 e. The molecule has 2 saturated heterocycles. The lowest BCUT2D eigenvalue weighted by Gasteiger charge is -2.48. The number of benzene rings is 1. The SMILES string of the molecule is CC(O)C(=O)N1CCN(c2cccc(-c3cc(-c4ccnn4C4CCOCC4)c4c(N)ncnn34)c2)C(C)(C)C1. The quantitative estimate of drug-likeness (QED) is 0.393. The summed E-state index contributed by atoms with van der Waals surface area (Å²) in [6.45, 7) is 8.95. The number of anilines is 2. The van der Waals surface area contributed by atoms with Crippen LogP contribution in [0.5, 0.6) is 0 Å². The van der Waals surface area contributed by atoms with Gasteiger partial charge in [-0.25, -0.2) is 9.50 Å². The molecule has 3 aromatic heterocycles. The summed E-state index contributed by atoms with van der Waals surface area (Å²) >= 11 is 0. The van der Waals surface area contributed by atoms with Crippen LogP contribution in [0.3, 0.4) is 0 Å². The molecule has 3 N–H and O–H groups in total. The Morgan fingerprint density at radius 3 is 2.67 bits per heavy atom. The van der Waals surface area contributed by atoms with Gasteiger partial charge in [0.05, 0.1) is 23.0 Å². The Bertz CT molecular complexity index is 1540. The lowest BCUT2D eigenvalue weighted by molar-refractivity contribution is -0.140. The molecule has 5 heterocycles. The van der Waals surface area contributed by atoms with Crippen molar-refractivity contribution >= 4 is 22.9 Å². The van der Waals surface area contributed by atoms with Gasteiger partial charge in [-0.2, -0.15) is 10.2 Å². The molecule has 6 rings (SSSR count). The first-order valence-corrected chi connectivity index (χ1v) is 13.8. The summed E-state index contributed by atoms with van der Waals surface area (Å²) in [7, 11) is 0. The summed E-state index contributed by atoms with van der Waals surface area (Å²) in [5, 5.41) is 19.1. The standard InChI is InChI=1S/C29H36N8O3/c1-19(38)28(39)34-11-12-35(29(2,3)17-34)22-6-4-5-20(15-22)25-16-23(26-27(30)31-18-33-37(25)26)24-7-10-32-36(24)21-8-13-40-14-9-21/h4-7,10,15-16,18-19,21,38H,8-9,11-14,17H2,1-3H3,(H2,30,31,33). The summed E-state index contributed by atoms with van der Waals surface area (Å²) in [5.74, 6) is 0.179. The van der Waals surface area contributed by atoms with Crippen LogP contribution in [0.4, 0.5) is 11.5 Å². The normalized spacial score (nSPS) is 18.8. The Labute approximate surface area is 233 Å². The second-order valence-corrected chi connectivity index (χ2v) is 11.3. The van der Waals surface area contributed by atoms with Crippen LogP contribution in [0.25, 0.3) is 28.0 Å². The number of nitrogens with zero attached hydrogens (tertiary/aromatic N) is 7. The van der Waals surface area contributed by atoms with Crippen LogP contribution in [0.1, 0.15) is 39.7 Å².